The fraction of sp³-hybridized carbons (Fsp3) is 0.364. The van der Waals surface area contributed by atoms with E-state index in [9.17, 15) is 0 Å². The molecule has 1 heterocycles. The van der Waals surface area contributed by atoms with E-state index in [1.807, 2.05) is 18.4 Å². The first kappa shape index (κ1) is 10.5. The number of hydrogen-bond donors (Lipinski definition) is 1. The normalized spacial score (nSPS) is 19.9. The maximum absolute atomic E-state index is 8.85. The predicted octanol–water partition coefficient (Wildman–Crippen LogP) is 1.87. The van der Waals surface area contributed by atoms with Crippen molar-refractivity contribution in [1.82, 2.24) is 0 Å². The molecule has 0 radical (unpaired) electrons. The van der Waals surface area contributed by atoms with Gasteiger partial charge in [0.25, 0.3) is 0 Å². The number of nitrogens with zero attached hydrogens (tertiary/aromatic N) is 1. The van der Waals surface area contributed by atoms with E-state index in [1.165, 1.54) is 4.90 Å². The Morgan fingerprint density at radius 2 is 2.20 bits per heavy atom. The summed E-state index contributed by atoms with van der Waals surface area (Å²) < 4.78 is 5.46. The Balaban J connectivity index is 2.05. The van der Waals surface area contributed by atoms with E-state index in [0.717, 1.165) is 5.56 Å². The van der Waals surface area contributed by atoms with Crippen LogP contribution in [-0.4, -0.2) is 30.4 Å². The molecule has 0 saturated carbocycles. The van der Waals surface area contributed by atoms with Gasteiger partial charge in [-0.3, -0.25) is 0 Å². The van der Waals surface area contributed by atoms with Crippen molar-refractivity contribution in [2.75, 3.05) is 19.4 Å². The smallest absolute Gasteiger partial charge is 0.210 e. The van der Waals surface area contributed by atoms with Crippen LogP contribution < -0.4 is 0 Å². The van der Waals surface area contributed by atoms with E-state index < -0.39 is 0 Å². The third-order valence-corrected chi connectivity index (χ3v) is 3.08. The fourth-order valence-electron chi connectivity index (χ4n) is 1.50. The number of benzene rings is 1. The first-order valence-corrected chi connectivity index (χ1v) is 6.00. The Labute approximate surface area is 93.2 Å². The Kier molecular flexibility index (Phi) is 3.28. The van der Waals surface area contributed by atoms with Crippen LogP contribution in [0.1, 0.15) is 11.7 Å². The highest BCUT2D eigenvalue weighted by molar-refractivity contribution is 7.98. The molecule has 0 spiro atoms. The first-order chi connectivity index (χ1) is 7.33. The molecule has 0 bridgehead atoms. The molecule has 1 atom stereocenters. The third kappa shape index (κ3) is 2.33. The minimum absolute atomic E-state index is 0.0249. The van der Waals surface area contributed by atoms with Gasteiger partial charge in [0.15, 0.2) is 0 Å². The monoisotopic (exact) mass is 223 g/mol. The molecule has 0 aliphatic carbocycles. The summed E-state index contributed by atoms with van der Waals surface area (Å²) in [6.07, 6.45) is 2.02. The molecule has 80 valence electrons. The molecule has 1 aromatic rings. The van der Waals surface area contributed by atoms with Gasteiger partial charge in [0, 0.05) is 4.90 Å². The van der Waals surface area contributed by atoms with Gasteiger partial charge < -0.3 is 9.84 Å². The van der Waals surface area contributed by atoms with Gasteiger partial charge in [-0.25, -0.2) is 4.99 Å². The average Bonchev–Trinajstić information content (AvgIpc) is 2.78. The van der Waals surface area contributed by atoms with E-state index in [2.05, 4.69) is 17.1 Å². The Hall–Kier alpha value is -1.00. The third-order valence-electron chi connectivity index (χ3n) is 2.33. The SMILES string of the molecule is CSc1ccc(C2CN=C(CO)O2)cc1. The van der Waals surface area contributed by atoms with Crippen LogP contribution in [-0.2, 0) is 4.74 Å². The molecule has 0 aromatic heterocycles. The molecule has 0 fully saturated rings. The van der Waals surface area contributed by atoms with Gasteiger partial charge in [-0.05, 0) is 24.0 Å². The van der Waals surface area contributed by atoms with Crippen LogP contribution in [0, 0.1) is 0 Å². The Morgan fingerprint density at radius 3 is 2.73 bits per heavy atom. The van der Waals surface area contributed by atoms with Crippen molar-refractivity contribution in [2.24, 2.45) is 4.99 Å². The number of aliphatic hydroxyl groups is 1. The van der Waals surface area contributed by atoms with Gasteiger partial charge in [-0.2, -0.15) is 0 Å². The zero-order chi connectivity index (χ0) is 10.7. The van der Waals surface area contributed by atoms with Crippen molar-refractivity contribution >= 4 is 17.7 Å². The van der Waals surface area contributed by atoms with Crippen LogP contribution >= 0.6 is 11.8 Å². The van der Waals surface area contributed by atoms with Gasteiger partial charge in [-0.1, -0.05) is 12.1 Å². The summed E-state index contributed by atoms with van der Waals surface area (Å²) in [6, 6.07) is 8.24. The zero-order valence-electron chi connectivity index (χ0n) is 8.51. The molecule has 1 unspecified atom stereocenters. The van der Waals surface area contributed by atoms with Gasteiger partial charge in [0.05, 0.1) is 6.54 Å². The summed E-state index contributed by atoms with van der Waals surface area (Å²) in [5.74, 6) is 0.439. The fourth-order valence-corrected chi connectivity index (χ4v) is 1.91. The largest absolute Gasteiger partial charge is 0.469 e. The summed E-state index contributed by atoms with van der Waals surface area (Å²) in [7, 11) is 0. The molecule has 4 heteroatoms. The lowest BCUT2D eigenvalue weighted by molar-refractivity contribution is 0.204. The zero-order valence-corrected chi connectivity index (χ0v) is 9.33. The van der Waals surface area contributed by atoms with Crippen LogP contribution in [0.25, 0.3) is 0 Å². The topological polar surface area (TPSA) is 41.8 Å². The Bertz CT molecular complexity index is 361. The molecular formula is C11H13NO2S. The lowest BCUT2D eigenvalue weighted by Gasteiger charge is -2.11. The predicted molar refractivity (Wildman–Crippen MR) is 61.4 cm³/mol. The lowest BCUT2D eigenvalue weighted by Crippen LogP contribution is -2.07. The minimum atomic E-state index is -0.112. The Morgan fingerprint density at radius 1 is 1.47 bits per heavy atom. The molecule has 0 saturated heterocycles. The van der Waals surface area contributed by atoms with Crippen LogP contribution in [0.2, 0.25) is 0 Å². The van der Waals surface area contributed by atoms with Gasteiger partial charge >= 0.3 is 0 Å². The number of rotatable bonds is 3. The second-order valence-corrected chi connectivity index (χ2v) is 4.15. The number of ether oxygens (including phenoxy) is 1. The molecule has 0 amide bonds. The van der Waals surface area contributed by atoms with Crippen molar-refractivity contribution in [1.29, 1.82) is 0 Å². The maximum Gasteiger partial charge on any atom is 0.210 e. The highest BCUT2D eigenvalue weighted by Gasteiger charge is 2.20. The molecule has 1 aromatic carbocycles. The molecular weight excluding hydrogens is 210 g/mol. The highest BCUT2D eigenvalue weighted by atomic mass is 32.2. The summed E-state index contributed by atoms with van der Waals surface area (Å²) >= 11 is 1.72. The van der Waals surface area contributed by atoms with E-state index in [0.29, 0.717) is 12.4 Å². The summed E-state index contributed by atoms with van der Waals surface area (Å²) in [6.45, 7) is 0.494. The van der Waals surface area contributed by atoms with Crippen LogP contribution in [0.15, 0.2) is 34.2 Å². The average molecular weight is 223 g/mol. The van der Waals surface area contributed by atoms with Crippen molar-refractivity contribution in [3.63, 3.8) is 0 Å². The summed E-state index contributed by atoms with van der Waals surface area (Å²) in [5, 5.41) is 8.85. The van der Waals surface area contributed by atoms with Crippen molar-refractivity contribution < 1.29 is 9.84 Å². The molecule has 1 N–H and O–H groups in total. The molecule has 1 aliphatic heterocycles. The quantitative estimate of drug-likeness (QED) is 0.795. The van der Waals surface area contributed by atoms with Crippen LogP contribution in [0.4, 0.5) is 0 Å². The summed E-state index contributed by atoms with van der Waals surface area (Å²) in [4.78, 5) is 5.33. The number of aliphatic imine (C=N–C) groups is 1. The second kappa shape index (κ2) is 4.68. The summed E-state index contributed by atoms with van der Waals surface area (Å²) in [5.41, 5.74) is 1.11. The van der Waals surface area contributed by atoms with Crippen molar-refractivity contribution in [3.05, 3.63) is 29.8 Å². The van der Waals surface area contributed by atoms with Crippen molar-refractivity contribution in [2.45, 2.75) is 11.0 Å². The van der Waals surface area contributed by atoms with E-state index in [-0.39, 0.29) is 12.7 Å². The van der Waals surface area contributed by atoms with Gasteiger partial charge in [0.2, 0.25) is 5.90 Å². The van der Waals surface area contributed by atoms with Crippen molar-refractivity contribution in [3.8, 4) is 0 Å². The maximum atomic E-state index is 8.85. The van der Waals surface area contributed by atoms with E-state index in [1.54, 1.807) is 11.8 Å². The lowest BCUT2D eigenvalue weighted by atomic mass is 10.1. The standard InChI is InChI=1S/C11H13NO2S/c1-15-9-4-2-8(3-5-9)10-6-12-11(7-13)14-10/h2-5,10,13H,6-7H2,1H3. The minimum Gasteiger partial charge on any atom is -0.469 e. The number of aliphatic hydroxyl groups excluding tert-OH is 1. The number of thioether (sulfide) groups is 1. The van der Waals surface area contributed by atoms with Crippen LogP contribution in [0.3, 0.4) is 0 Å². The molecule has 2 rings (SSSR count). The van der Waals surface area contributed by atoms with Gasteiger partial charge in [-0.15, -0.1) is 11.8 Å². The van der Waals surface area contributed by atoms with E-state index in [4.69, 9.17) is 9.84 Å². The first-order valence-electron chi connectivity index (χ1n) is 4.78. The second-order valence-electron chi connectivity index (χ2n) is 3.27. The van der Waals surface area contributed by atoms with E-state index >= 15 is 0 Å². The highest BCUT2D eigenvalue weighted by Crippen LogP contribution is 2.24. The number of hydrogen-bond acceptors (Lipinski definition) is 4. The molecule has 15 heavy (non-hydrogen) atoms. The van der Waals surface area contributed by atoms with Crippen LogP contribution in [0.5, 0.6) is 0 Å². The molecule has 1 aliphatic rings. The molecule has 3 nitrogen and oxygen atoms in total. The van der Waals surface area contributed by atoms with Gasteiger partial charge in [0.1, 0.15) is 12.7 Å².